The van der Waals surface area contributed by atoms with Crippen LogP contribution in [0, 0.1) is 18.8 Å². The van der Waals surface area contributed by atoms with Crippen LogP contribution in [0.1, 0.15) is 18.5 Å². The summed E-state index contributed by atoms with van der Waals surface area (Å²) < 4.78 is 32.6. The summed E-state index contributed by atoms with van der Waals surface area (Å²) in [5, 5.41) is 8.18. The van der Waals surface area contributed by atoms with Crippen molar-refractivity contribution >= 4 is 15.8 Å². The highest BCUT2D eigenvalue weighted by molar-refractivity contribution is 7.90. The monoisotopic (exact) mass is 338 g/mol. The van der Waals surface area contributed by atoms with Gasteiger partial charge in [0.25, 0.3) is 0 Å². The van der Waals surface area contributed by atoms with E-state index in [0.717, 1.165) is 37.4 Å². The van der Waals surface area contributed by atoms with Crippen LogP contribution in [0.15, 0.2) is 12.1 Å². The Bertz CT molecular complexity index is 674. The SMILES string of the molecule is Cc1ccc(N2C[C@H]3[C@@H](CNS(=O)(=O)C4CC4)CO[C@H]3C2)nn1. The van der Waals surface area contributed by atoms with E-state index in [1.54, 1.807) is 0 Å². The first-order valence-corrected chi connectivity index (χ1v) is 9.73. The molecule has 23 heavy (non-hydrogen) atoms. The smallest absolute Gasteiger partial charge is 0.214 e. The van der Waals surface area contributed by atoms with Gasteiger partial charge in [0.1, 0.15) is 0 Å². The molecule has 3 fully saturated rings. The fourth-order valence-electron chi connectivity index (χ4n) is 3.48. The van der Waals surface area contributed by atoms with Gasteiger partial charge in [0.2, 0.25) is 10.0 Å². The molecule has 0 spiro atoms. The molecule has 2 aliphatic heterocycles. The molecule has 0 radical (unpaired) electrons. The molecule has 8 heteroatoms. The van der Waals surface area contributed by atoms with Gasteiger partial charge in [-0.15, -0.1) is 5.10 Å². The Morgan fingerprint density at radius 3 is 2.83 bits per heavy atom. The molecule has 1 aliphatic carbocycles. The van der Waals surface area contributed by atoms with Crippen LogP contribution in [0.3, 0.4) is 0 Å². The average Bonchev–Trinajstić information content (AvgIpc) is 3.20. The normalized spacial score (nSPS) is 30.7. The number of aromatic nitrogens is 2. The van der Waals surface area contributed by atoms with Crippen molar-refractivity contribution in [1.29, 1.82) is 0 Å². The molecular weight excluding hydrogens is 316 g/mol. The largest absolute Gasteiger partial charge is 0.376 e. The van der Waals surface area contributed by atoms with Gasteiger partial charge in [-0.05, 0) is 31.9 Å². The van der Waals surface area contributed by atoms with Crippen molar-refractivity contribution in [2.75, 3.05) is 31.1 Å². The molecule has 1 aromatic heterocycles. The van der Waals surface area contributed by atoms with Crippen molar-refractivity contribution in [2.24, 2.45) is 11.8 Å². The van der Waals surface area contributed by atoms with Crippen LogP contribution in [-0.4, -0.2) is 56.2 Å². The van der Waals surface area contributed by atoms with Crippen molar-refractivity contribution in [3.63, 3.8) is 0 Å². The molecule has 0 bridgehead atoms. The quantitative estimate of drug-likeness (QED) is 0.832. The number of nitrogens with zero attached hydrogens (tertiary/aromatic N) is 3. The Kier molecular flexibility index (Phi) is 3.78. The van der Waals surface area contributed by atoms with Crippen molar-refractivity contribution in [1.82, 2.24) is 14.9 Å². The Morgan fingerprint density at radius 2 is 2.13 bits per heavy atom. The molecule has 1 saturated carbocycles. The zero-order chi connectivity index (χ0) is 16.0. The minimum absolute atomic E-state index is 0.161. The van der Waals surface area contributed by atoms with Crippen LogP contribution in [-0.2, 0) is 14.8 Å². The first kappa shape index (κ1) is 15.3. The lowest BCUT2D eigenvalue weighted by Crippen LogP contribution is -2.36. The Labute approximate surface area is 136 Å². The van der Waals surface area contributed by atoms with Gasteiger partial charge < -0.3 is 9.64 Å². The van der Waals surface area contributed by atoms with Crippen LogP contribution in [0.25, 0.3) is 0 Å². The highest BCUT2D eigenvalue weighted by atomic mass is 32.2. The number of nitrogens with one attached hydrogen (secondary N) is 1. The highest BCUT2D eigenvalue weighted by Crippen LogP contribution is 2.35. The number of sulfonamides is 1. The van der Waals surface area contributed by atoms with Gasteiger partial charge in [-0.2, -0.15) is 5.10 Å². The van der Waals surface area contributed by atoms with E-state index in [0.29, 0.717) is 19.1 Å². The number of rotatable bonds is 5. The van der Waals surface area contributed by atoms with E-state index >= 15 is 0 Å². The van der Waals surface area contributed by atoms with Crippen LogP contribution in [0.5, 0.6) is 0 Å². The molecule has 3 aliphatic rings. The Balaban J connectivity index is 1.38. The lowest BCUT2D eigenvalue weighted by Gasteiger charge is -2.20. The highest BCUT2D eigenvalue weighted by Gasteiger charge is 2.45. The van der Waals surface area contributed by atoms with E-state index < -0.39 is 10.0 Å². The molecule has 4 rings (SSSR count). The van der Waals surface area contributed by atoms with Crippen molar-refractivity contribution in [3.05, 3.63) is 17.8 Å². The fourth-order valence-corrected chi connectivity index (χ4v) is 4.91. The zero-order valence-corrected chi connectivity index (χ0v) is 14.0. The van der Waals surface area contributed by atoms with E-state index in [1.807, 2.05) is 19.1 Å². The number of ether oxygens (including phenoxy) is 1. The molecule has 7 nitrogen and oxygen atoms in total. The van der Waals surface area contributed by atoms with E-state index in [9.17, 15) is 8.42 Å². The second kappa shape index (κ2) is 5.68. The summed E-state index contributed by atoms with van der Waals surface area (Å²) in [6.07, 6.45) is 1.75. The maximum Gasteiger partial charge on any atom is 0.214 e. The van der Waals surface area contributed by atoms with E-state index in [1.165, 1.54) is 0 Å². The molecule has 3 heterocycles. The summed E-state index contributed by atoms with van der Waals surface area (Å²) in [7, 11) is -3.12. The summed E-state index contributed by atoms with van der Waals surface area (Å²) in [4.78, 5) is 2.18. The third-order valence-electron chi connectivity index (χ3n) is 5.06. The van der Waals surface area contributed by atoms with Crippen molar-refractivity contribution in [2.45, 2.75) is 31.1 Å². The van der Waals surface area contributed by atoms with Crippen molar-refractivity contribution < 1.29 is 13.2 Å². The summed E-state index contributed by atoms with van der Waals surface area (Å²) in [5.74, 6) is 1.45. The minimum atomic E-state index is -3.12. The maximum absolute atomic E-state index is 12.0. The molecule has 0 amide bonds. The first-order chi connectivity index (χ1) is 11.0. The number of aryl methyl sites for hydroxylation is 1. The zero-order valence-electron chi connectivity index (χ0n) is 13.2. The maximum atomic E-state index is 12.0. The second-order valence-corrected chi connectivity index (χ2v) is 8.87. The second-order valence-electron chi connectivity index (χ2n) is 6.83. The predicted molar refractivity (Wildman–Crippen MR) is 85.6 cm³/mol. The summed E-state index contributed by atoms with van der Waals surface area (Å²) in [5.41, 5.74) is 0.900. The lowest BCUT2D eigenvalue weighted by molar-refractivity contribution is 0.111. The van der Waals surface area contributed by atoms with Gasteiger partial charge in [0, 0.05) is 31.5 Å². The Morgan fingerprint density at radius 1 is 1.30 bits per heavy atom. The van der Waals surface area contributed by atoms with Gasteiger partial charge in [-0.3, -0.25) is 0 Å². The summed E-state index contributed by atoms with van der Waals surface area (Å²) in [6, 6.07) is 3.94. The number of anilines is 1. The molecule has 2 saturated heterocycles. The minimum Gasteiger partial charge on any atom is -0.376 e. The third-order valence-corrected chi connectivity index (χ3v) is 6.97. The first-order valence-electron chi connectivity index (χ1n) is 8.18. The van der Waals surface area contributed by atoms with Crippen LogP contribution in [0.2, 0.25) is 0 Å². The Hall–Kier alpha value is -1.25. The lowest BCUT2D eigenvalue weighted by atomic mass is 9.93. The average molecular weight is 338 g/mol. The molecule has 126 valence electrons. The third kappa shape index (κ3) is 3.07. The van der Waals surface area contributed by atoms with Crippen LogP contribution < -0.4 is 9.62 Å². The van der Waals surface area contributed by atoms with E-state index in [2.05, 4.69) is 19.8 Å². The predicted octanol–water partition coefficient (Wildman–Crippen LogP) is 0.318. The van der Waals surface area contributed by atoms with Crippen LogP contribution in [0.4, 0.5) is 5.82 Å². The van der Waals surface area contributed by atoms with Gasteiger partial charge in [-0.25, -0.2) is 13.1 Å². The molecule has 0 aromatic carbocycles. The van der Waals surface area contributed by atoms with Gasteiger partial charge >= 0.3 is 0 Å². The van der Waals surface area contributed by atoms with Gasteiger partial charge in [-0.1, -0.05) is 0 Å². The van der Waals surface area contributed by atoms with E-state index in [4.69, 9.17) is 4.74 Å². The standard InChI is InChI=1S/C15H22N4O3S/c1-10-2-5-15(18-17-10)19-7-13-11(9-22-14(13)8-19)6-16-23(20,21)12-3-4-12/h2,5,11-14,16H,3-4,6-9H2,1H3/t11-,13-,14-/m0/s1. The molecule has 1 N–H and O–H groups in total. The number of hydrogen-bond acceptors (Lipinski definition) is 6. The molecule has 1 aromatic rings. The number of hydrogen-bond donors (Lipinski definition) is 1. The van der Waals surface area contributed by atoms with Crippen molar-refractivity contribution in [3.8, 4) is 0 Å². The summed E-state index contributed by atoms with van der Waals surface area (Å²) >= 11 is 0. The van der Waals surface area contributed by atoms with Gasteiger partial charge in [0.15, 0.2) is 5.82 Å². The van der Waals surface area contributed by atoms with Gasteiger partial charge in [0.05, 0.1) is 23.7 Å². The fraction of sp³-hybridized carbons (Fsp3) is 0.733. The topological polar surface area (TPSA) is 84.4 Å². The van der Waals surface area contributed by atoms with E-state index in [-0.39, 0.29) is 17.3 Å². The molecule has 0 unspecified atom stereocenters. The number of fused-ring (bicyclic) bond motifs is 1. The summed E-state index contributed by atoms with van der Waals surface area (Å²) in [6.45, 7) is 4.68. The van der Waals surface area contributed by atoms with Crippen LogP contribution >= 0.6 is 0 Å². The molecular formula is C15H22N4O3S. The molecule has 3 atom stereocenters.